The van der Waals surface area contributed by atoms with Crippen LogP contribution in [0.25, 0.3) is 0 Å². The number of fused-ring (bicyclic) bond motifs is 1. The number of nitrogens with zero attached hydrogens (tertiary/aromatic N) is 2. The van der Waals surface area contributed by atoms with Gasteiger partial charge in [-0.3, -0.25) is 9.89 Å². The van der Waals surface area contributed by atoms with Crippen molar-refractivity contribution in [2.75, 3.05) is 0 Å². The van der Waals surface area contributed by atoms with Crippen molar-refractivity contribution in [3.8, 4) is 0 Å². The molecule has 6 heteroatoms. The van der Waals surface area contributed by atoms with Crippen LogP contribution in [0.4, 0.5) is 0 Å². The quantitative estimate of drug-likeness (QED) is 0.872. The first-order valence-electron chi connectivity index (χ1n) is 7.65. The maximum absolute atomic E-state index is 12.9. The van der Waals surface area contributed by atoms with E-state index < -0.39 is 12.0 Å². The summed E-state index contributed by atoms with van der Waals surface area (Å²) in [4.78, 5) is 26.1. The number of likely N-dealkylation sites (tertiary alicyclic amines) is 1. The Morgan fingerprint density at radius 3 is 2.71 bits per heavy atom. The van der Waals surface area contributed by atoms with Crippen LogP contribution in [-0.2, 0) is 4.79 Å². The molecule has 2 heterocycles. The lowest BCUT2D eigenvalue weighted by Crippen LogP contribution is -2.57. The Hall–Kier alpha value is -1.85. The lowest BCUT2D eigenvalue weighted by atomic mass is 9.76. The number of aryl methyl sites for hydroxylation is 1. The van der Waals surface area contributed by atoms with E-state index >= 15 is 0 Å². The largest absolute Gasteiger partial charge is 0.480 e. The molecule has 3 rings (SSSR count). The first-order chi connectivity index (χ1) is 10.1. The van der Waals surface area contributed by atoms with Crippen LogP contribution in [0.5, 0.6) is 0 Å². The van der Waals surface area contributed by atoms with Gasteiger partial charge < -0.3 is 10.0 Å². The molecular formula is C15H21N3O3. The highest BCUT2D eigenvalue weighted by molar-refractivity contribution is 5.97. The first kappa shape index (κ1) is 14.1. The molecule has 1 amide bonds. The van der Waals surface area contributed by atoms with E-state index in [1.807, 2.05) is 0 Å². The van der Waals surface area contributed by atoms with Crippen LogP contribution >= 0.6 is 0 Å². The molecule has 0 aromatic carbocycles. The lowest BCUT2D eigenvalue weighted by molar-refractivity contribution is -0.146. The summed E-state index contributed by atoms with van der Waals surface area (Å²) in [7, 11) is 0. The number of H-pyrrole nitrogens is 1. The van der Waals surface area contributed by atoms with Gasteiger partial charge in [-0.25, -0.2) is 4.79 Å². The van der Waals surface area contributed by atoms with Gasteiger partial charge in [0, 0.05) is 11.7 Å². The number of carbonyl (C=O) groups excluding carboxylic acids is 1. The number of aromatic nitrogens is 2. The van der Waals surface area contributed by atoms with Crippen molar-refractivity contribution in [2.45, 2.75) is 57.5 Å². The van der Waals surface area contributed by atoms with Crippen LogP contribution in [0.1, 0.15) is 54.6 Å². The van der Waals surface area contributed by atoms with Crippen molar-refractivity contribution in [1.29, 1.82) is 0 Å². The topological polar surface area (TPSA) is 86.3 Å². The molecule has 0 spiro atoms. The van der Waals surface area contributed by atoms with Crippen molar-refractivity contribution < 1.29 is 14.7 Å². The van der Waals surface area contributed by atoms with Crippen LogP contribution in [0.3, 0.4) is 0 Å². The van der Waals surface area contributed by atoms with Crippen LogP contribution in [0.15, 0.2) is 6.20 Å². The van der Waals surface area contributed by atoms with Gasteiger partial charge in [0.05, 0.1) is 11.8 Å². The van der Waals surface area contributed by atoms with Crippen LogP contribution < -0.4 is 0 Å². The number of aliphatic carboxylic acids is 1. The van der Waals surface area contributed by atoms with Crippen molar-refractivity contribution in [2.24, 2.45) is 5.92 Å². The minimum atomic E-state index is -0.895. The summed E-state index contributed by atoms with van der Waals surface area (Å²) in [5.74, 6) is -0.635. The standard InChI is InChI=1S/C15H21N3O3/c1-9-11(8-16-17-9)14(19)18-12-5-3-2-4-10(12)6-7-13(18)15(20)21/h8,10,12-13H,2-7H2,1H3,(H,16,17)(H,20,21). The van der Waals surface area contributed by atoms with Crippen molar-refractivity contribution in [3.05, 3.63) is 17.5 Å². The number of carboxylic acids is 1. The predicted molar refractivity (Wildman–Crippen MR) is 75.9 cm³/mol. The van der Waals surface area contributed by atoms with Gasteiger partial charge in [-0.15, -0.1) is 0 Å². The van der Waals surface area contributed by atoms with Crippen LogP contribution in [-0.4, -0.2) is 44.2 Å². The van der Waals surface area contributed by atoms with Crippen molar-refractivity contribution >= 4 is 11.9 Å². The Morgan fingerprint density at radius 1 is 1.29 bits per heavy atom. The molecule has 6 nitrogen and oxygen atoms in total. The lowest BCUT2D eigenvalue weighted by Gasteiger charge is -2.47. The maximum Gasteiger partial charge on any atom is 0.326 e. The van der Waals surface area contributed by atoms with Crippen molar-refractivity contribution in [1.82, 2.24) is 15.1 Å². The zero-order valence-corrected chi connectivity index (χ0v) is 12.2. The predicted octanol–water partition coefficient (Wildman–Crippen LogP) is 1.97. The zero-order valence-electron chi connectivity index (χ0n) is 12.2. The number of rotatable bonds is 2. The molecule has 2 N–H and O–H groups in total. The first-order valence-corrected chi connectivity index (χ1v) is 7.65. The third-order valence-corrected chi connectivity index (χ3v) is 4.95. The summed E-state index contributed by atoms with van der Waals surface area (Å²) in [5, 5.41) is 16.1. The van der Waals surface area contributed by atoms with Gasteiger partial charge in [0.2, 0.25) is 0 Å². The van der Waals surface area contributed by atoms with E-state index in [2.05, 4.69) is 10.2 Å². The second-order valence-corrected chi connectivity index (χ2v) is 6.16. The highest BCUT2D eigenvalue weighted by atomic mass is 16.4. The van der Waals surface area contributed by atoms with Crippen molar-refractivity contribution in [3.63, 3.8) is 0 Å². The fourth-order valence-corrected chi connectivity index (χ4v) is 3.87. The normalized spacial score (nSPS) is 29.0. The van der Waals surface area contributed by atoms with E-state index in [4.69, 9.17) is 0 Å². The van der Waals surface area contributed by atoms with Gasteiger partial charge in [-0.2, -0.15) is 5.10 Å². The molecule has 114 valence electrons. The number of amides is 1. The van der Waals surface area contributed by atoms with E-state index in [1.165, 1.54) is 12.6 Å². The number of hydrogen-bond donors (Lipinski definition) is 2. The minimum Gasteiger partial charge on any atom is -0.480 e. The molecule has 1 aliphatic heterocycles. The number of aromatic amines is 1. The molecule has 3 atom stereocenters. The Kier molecular flexibility index (Phi) is 3.69. The molecule has 21 heavy (non-hydrogen) atoms. The number of carbonyl (C=O) groups is 2. The minimum absolute atomic E-state index is 0.0652. The van der Waals surface area contributed by atoms with Gasteiger partial charge >= 0.3 is 5.97 Å². The third kappa shape index (κ3) is 2.43. The van der Waals surface area contributed by atoms with Gasteiger partial charge in [-0.1, -0.05) is 12.8 Å². The molecule has 1 aromatic rings. The summed E-state index contributed by atoms with van der Waals surface area (Å²) >= 11 is 0. The molecule has 0 radical (unpaired) electrons. The monoisotopic (exact) mass is 291 g/mol. The molecule has 0 bridgehead atoms. The number of nitrogens with one attached hydrogen (secondary N) is 1. The Bertz CT molecular complexity index is 554. The number of piperidine rings is 1. The summed E-state index contributed by atoms with van der Waals surface area (Å²) in [6, 6.07) is -0.637. The Balaban J connectivity index is 1.94. The van der Waals surface area contributed by atoms with E-state index in [-0.39, 0.29) is 11.9 Å². The maximum atomic E-state index is 12.9. The smallest absolute Gasteiger partial charge is 0.326 e. The van der Waals surface area contributed by atoms with E-state index in [1.54, 1.807) is 11.8 Å². The van der Waals surface area contributed by atoms with E-state index in [0.717, 1.165) is 25.7 Å². The fraction of sp³-hybridized carbons (Fsp3) is 0.667. The van der Waals surface area contributed by atoms with Gasteiger partial charge in [-0.05, 0) is 38.5 Å². The molecule has 3 unspecified atom stereocenters. The average molecular weight is 291 g/mol. The highest BCUT2D eigenvalue weighted by Gasteiger charge is 2.44. The molecule has 2 fully saturated rings. The number of carboxylic acid groups (broad SMARTS) is 1. The Labute approximate surface area is 123 Å². The zero-order chi connectivity index (χ0) is 15.0. The molecule has 2 aliphatic rings. The second-order valence-electron chi connectivity index (χ2n) is 6.16. The molecule has 1 saturated carbocycles. The van der Waals surface area contributed by atoms with Gasteiger partial charge in [0.25, 0.3) is 5.91 Å². The summed E-state index contributed by atoms with van der Waals surface area (Å²) < 4.78 is 0. The van der Waals surface area contributed by atoms with E-state index in [9.17, 15) is 14.7 Å². The van der Waals surface area contributed by atoms with Crippen LogP contribution in [0.2, 0.25) is 0 Å². The summed E-state index contributed by atoms with van der Waals surface area (Å²) in [6.07, 6.45) is 7.24. The molecule has 1 aliphatic carbocycles. The third-order valence-electron chi connectivity index (χ3n) is 4.95. The SMILES string of the molecule is Cc1[nH]ncc1C(=O)N1C(C(=O)O)CCC2CCCCC21. The summed E-state index contributed by atoms with van der Waals surface area (Å²) in [5.41, 5.74) is 1.19. The number of hydrogen-bond acceptors (Lipinski definition) is 3. The molecule has 1 saturated heterocycles. The Morgan fingerprint density at radius 2 is 2.05 bits per heavy atom. The van der Waals surface area contributed by atoms with Crippen LogP contribution in [0, 0.1) is 12.8 Å². The van der Waals surface area contributed by atoms with Gasteiger partial charge in [0.15, 0.2) is 0 Å². The van der Waals surface area contributed by atoms with E-state index in [0.29, 0.717) is 23.6 Å². The van der Waals surface area contributed by atoms with Gasteiger partial charge in [0.1, 0.15) is 6.04 Å². The average Bonchev–Trinajstić information content (AvgIpc) is 2.91. The molecular weight excluding hydrogens is 270 g/mol. The second kappa shape index (κ2) is 5.50. The highest BCUT2D eigenvalue weighted by Crippen LogP contribution is 2.38. The summed E-state index contributed by atoms with van der Waals surface area (Å²) in [6.45, 7) is 1.79. The fourth-order valence-electron chi connectivity index (χ4n) is 3.87. The molecule has 1 aromatic heterocycles.